The van der Waals surface area contributed by atoms with Gasteiger partial charge in [0.25, 0.3) is 5.91 Å². The van der Waals surface area contributed by atoms with Crippen LogP contribution in [0.2, 0.25) is 0 Å². The van der Waals surface area contributed by atoms with Gasteiger partial charge in [-0.15, -0.1) is 11.3 Å². The van der Waals surface area contributed by atoms with Crippen LogP contribution in [0.5, 0.6) is 0 Å². The predicted octanol–water partition coefficient (Wildman–Crippen LogP) is 4.64. The largest absolute Gasteiger partial charge is 0.352 e. The zero-order valence-corrected chi connectivity index (χ0v) is 15.8. The van der Waals surface area contributed by atoms with Gasteiger partial charge >= 0.3 is 0 Å². The first-order chi connectivity index (χ1) is 13.2. The lowest BCUT2D eigenvalue weighted by Crippen LogP contribution is -2.26. The van der Waals surface area contributed by atoms with Gasteiger partial charge in [0.15, 0.2) is 0 Å². The molecule has 4 rings (SSSR count). The van der Waals surface area contributed by atoms with Crippen LogP contribution in [0.1, 0.15) is 20.8 Å². The van der Waals surface area contributed by atoms with Gasteiger partial charge in [0, 0.05) is 23.0 Å². The van der Waals surface area contributed by atoms with E-state index in [1.54, 1.807) is 17.5 Å². The first kappa shape index (κ1) is 17.4. The summed E-state index contributed by atoms with van der Waals surface area (Å²) in [6, 6.07) is 17.6. The van der Waals surface area contributed by atoms with E-state index in [1.165, 1.54) is 4.88 Å². The van der Waals surface area contributed by atoms with Crippen LogP contribution in [0, 0.1) is 6.92 Å². The minimum Gasteiger partial charge on any atom is -0.352 e. The Morgan fingerprint density at radius 2 is 2.00 bits per heavy atom. The molecule has 0 aliphatic rings. The third-order valence-electron chi connectivity index (χ3n) is 4.37. The van der Waals surface area contributed by atoms with Crippen LogP contribution in [-0.4, -0.2) is 22.4 Å². The van der Waals surface area contributed by atoms with Crippen LogP contribution >= 0.6 is 11.3 Å². The summed E-state index contributed by atoms with van der Waals surface area (Å²) >= 11 is 1.71. The molecule has 0 bridgehead atoms. The zero-order valence-electron chi connectivity index (χ0n) is 15.0. The van der Waals surface area contributed by atoms with Gasteiger partial charge in [0.2, 0.25) is 0 Å². The maximum atomic E-state index is 12.9. The molecule has 0 spiro atoms. The van der Waals surface area contributed by atoms with Crippen molar-refractivity contribution in [1.82, 2.24) is 15.3 Å². The summed E-state index contributed by atoms with van der Waals surface area (Å²) in [7, 11) is 0. The number of hydrogen-bond donors (Lipinski definition) is 1. The van der Waals surface area contributed by atoms with E-state index in [9.17, 15) is 4.79 Å². The van der Waals surface area contributed by atoms with Crippen molar-refractivity contribution < 1.29 is 4.79 Å². The lowest BCUT2D eigenvalue weighted by Gasteiger charge is -2.11. The molecule has 0 saturated heterocycles. The van der Waals surface area contributed by atoms with Crippen molar-refractivity contribution >= 4 is 28.1 Å². The van der Waals surface area contributed by atoms with Crippen molar-refractivity contribution in [2.45, 2.75) is 13.3 Å². The number of thiophene rings is 1. The highest BCUT2D eigenvalue weighted by molar-refractivity contribution is 7.09. The molecule has 0 radical (unpaired) electrons. The molecule has 3 aromatic heterocycles. The maximum absolute atomic E-state index is 12.9. The van der Waals surface area contributed by atoms with E-state index in [2.05, 4.69) is 21.7 Å². The van der Waals surface area contributed by atoms with Gasteiger partial charge in [-0.25, -0.2) is 4.98 Å². The van der Waals surface area contributed by atoms with Gasteiger partial charge in [0.05, 0.1) is 22.5 Å². The number of pyridine rings is 2. The molecule has 27 heavy (non-hydrogen) atoms. The van der Waals surface area contributed by atoms with Gasteiger partial charge in [-0.1, -0.05) is 23.8 Å². The average Bonchev–Trinajstić information content (AvgIpc) is 3.21. The van der Waals surface area contributed by atoms with Crippen LogP contribution in [0.3, 0.4) is 0 Å². The number of hydrogen-bond acceptors (Lipinski definition) is 4. The van der Waals surface area contributed by atoms with Crippen molar-refractivity contribution in [3.05, 3.63) is 82.2 Å². The quantitative estimate of drug-likeness (QED) is 0.554. The summed E-state index contributed by atoms with van der Waals surface area (Å²) in [6.45, 7) is 2.62. The highest BCUT2D eigenvalue weighted by Gasteiger charge is 2.14. The monoisotopic (exact) mass is 373 g/mol. The molecule has 134 valence electrons. The maximum Gasteiger partial charge on any atom is 0.252 e. The number of carbonyl (C=O) groups excluding carboxylic acids is 1. The standard InChI is InChI=1S/C22H19N3OS/c1-15-7-8-19-17(13-15)18(14-21(25-19)20-6-2-3-10-23-20)22(26)24-11-9-16-5-4-12-27-16/h2-8,10,12-14H,9,11H2,1H3,(H,24,26). The predicted molar refractivity (Wildman–Crippen MR) is 110 cm³/mol. The van der Waals surface area contributed by atoms with Crippen LogP contribution in [0.15, 0.2) is 66.2 Å². The Morgan fingerprint density at radius 1 is 1.07 bits per heavy atom. The molecule has 5 heteroatoms. The molecule has 0 atom stereocenters. The molecule has 1 amide bonds. The first-order valence-electron chi connectivity index (χ1n) is 8.84. The minimum atomic E-state index is -0.0817. The Morgan fingerprint density at radius 3 is 2.78 bits per heavy atom. The summed E-state index contributed by atoms with van der Waals surface area (Å²) in [5, 5.41) is 5.96. The molecule has 0 fully saturated rings. The molecule has 4 nitrogen and oxygen atoms in total. The Kier molecular flexibility index (Phi) is 4.94. The van der Waals surface area contributed by atoms with E-state index >= 15 is 0 Å². The first-order valence-corrected chi connectivity index (χ1v) is 9.72. The van der Waals surface area contributed by atoms with E-state index in [1.807, 2.05) is 55.5 Å². The highest BCUT2D eigenvalue weighted by Crippen LogP contribution is 2.24. The normalized spacial score (nSPS) is 10.9. The number of fused-ring (bicyclic) bond motifs is 1. The Labute approximate surface area is 161 Å². The second-order valence-electron chi connectivity index (χ2n) is 6.38. The molecule has 0 aliphatic carbocycles. The highest BCUT2D eigenvalue weighted by atomic mass is 32.1. The average molecular weight is 373 g/mol. The van der Waals surface area contributed by atoms with E-state index in [0.717, 1.165) is 28.6 Å². The van der Waals surface area contributed by atoms with E-state index < -0.39 is 0 Å². The van der Waals surface area contributed by atoms with Crippen molar-refractivity contribution in [2.24, 2.45) is 0 Å². The summed E-state index contributed by atoms with van der Waals surface area (Å²) in [6.07, 6.45) is 2.57. The topological polar surface area (TPSA) is 54.9 Å². The number of nitrogens with one attached hydrogen (secondary N) is 1. The van der Waals surface area contributed by atoms with Crippen LogP contribution in [0.25, 0.3) is 22.3 Å². The summed E-state index contributed by atoms with van der Waals surface area (Å²) in [5.41, 5.74) is 3.99. The zero-order chi connectivity index (χ0) is 18.6. The van der Waals surface area contributed by atoms with E-state index in [0.29, 0.717) is 17.8 Å². The summed E-state index contributed by atoms with van der Waals surface area (Å²) < 4.78 is 0. The van der Waals surface area contributed by atoms with Crippen molar-refractivity contribution in [3.8, 4) is 11.4 Å². The molecule has 4 aromatic rings. The third-order valence-corrected chi connectivity index (χ3v) is 5.31. The number of benzene rings is 1. The second-order valence-corrected chi connectivity index (χ2v) is 7.41. The lowest BCUT2D eigenvalue weighted by atomic mass is 10.0. The number of aromatic nitrogens is 2. The minimum absolute atomic E-state index is 0.0817. The van der Waals surface area contributed by atoms with E-state index in [-0.39, 0.29) is 5.91 Å². The van der Waals surface area contributed by atoms with Crippen molar-refractivity contribution in [1.29, 1.82) is 0 Å². The molecular formula is C22H19N3OS. The fourth-order valence-electron chi connectivity index (χ4n) is 3.02. The molecular weight excluding hydrogens is 354 g/mol. The van der Waals surface area contributed by atoms with Gasteiger partial charge in [0.1, 0.15) is 0 Å². The Balaban J connectivity index is 1.68. The number of rotatable bonds is 5. The molecule has 0 unspecified atom stereocenters. The molecule has 0 aliphatic heterocycles. The SMILES string of the molecule is Cc1ccc2nc(-c3ccccn3)cc(C(=O)NCCc3cccs3)c2c1. The van der Waals surface area contributed by atoms with Gasteiger partial charge in [-0.2, -0.15) is 0 Å². The fourth-order valence-corrected chi connectivity index (χ4v) is 3.73. The van der Waals surface area contributed by atoms with Gasteiger partial charge in [-0.3, -0.25) is 9.78 Å². The number of nitrogens with zero attached hydrogens (tertiary/aromatic N) is 2. The Hall–Kier alpha value is -3.05. The number of carbonyl (C=O) groups is 1. The van der Waals surface area contributed by atoms with E-state index in [4.69, 9.17) is 4.98 Å². The lowest BCUT2D eigenvalue weighted by molar-refractivity contribution is 0.0956. The molecule has 1 aromatic carbocycles. The molecule has 3 heterocycles. The van der Waals surface area contributed by atoms with Crippen molar-refractivity contribution in [3.63, 3.8) is 0 Å². The van der Waals surface area contributed by atoms with Crippen molar-refractivity contribution in [2.75, 3.05) is 6.54 Å². The van der Waals surface area contributed by atoms with Crippen LogP contribution in [0.4, 0.5) is 0 Å². The second kappa shape index (κ2) is 7.68. The smallest absolute Gasteiger partial charge is 0.252 e. The molecule has 1 N–H and O–H groups in total. The number of aryl methyl sites for hydroxylation is 1. The Bertz CT molecular complexity index is 1080. The van der Waals surface area contributed by atoms with Gasteiger partial charge < -0.3 is 5.32 Å². The number of amides is 1. The fraction of sp³-hybridized carbons (Fsp3) is 0.136. The summed E-state index contributed by atoms with van der Waals surface area (Å²) in [5.74, 6) is -0.0817. The van der Waals surface area contributed by atoms with Gasteiger partial charge in [-0.05, 0) is 55.1 Å². The molecule has 0 saturated carbocycles. The third kappa shape index (κ3) is 3.88. The van der Waals surface area contributed by atoms with Crippen LogP contribution < -0.4 is 5.32 Å². The summed E-state index contributed by atoms with van der Waals surface area (Å²) in [4.78, 5) is 23.3. The van der Waals surface area contributed by atoms with Crippen LogP contribution in [-0.2, 0) is 6.42 Å².